The Labute approximate surface area is 104 Å². The minimum absolute atomic E-state index is 0.198. The number of benzene rings is 1. The van der Waals surface area contributed by atoms with Crippen molar-refractivity contribution < 1.29 is 14.0 Å². The SMILES string of the molecule is CCC(N)c1noc(-c2ccc3c(c2)OCO3)n1. The van der Waals surface area contributed by atoms with E-state index in [1.165, 1.54) is 0 Å². The maximum atomic E-state index is 5.85. The smallest absolute Gasteiger partial charge is 0.258 e. The number of hydrogen-bond donors (Lipinski definition) is 1. The van der Waals surface area contributed by atoms with Gasteiger partial charge in [0.05, 0.1) is 6.04 Å². The Morgan fingerprint density at radius 3 is 3.00 bits per heavy atom. The maximum Gasteiger partial charge on any atom is 0.258 e. The van der Waals surface area contributed by atoms with Crippen molar-refractivity contribution in [2.45, 2.75) is 19.4 Å². The van der Waals surface area contributed by atoms with Gasteiger partial charge >= 0.3 is 0 Å². The largest absolute Gasteiger partial charge is 0.454 e. The minimum Gasteiger partial charge on any atom is -0.454 e. The van der Waals surface area contributed by atoms with Crippen molar-refractivity contribution in [3.8, 4) is 23.0 Å². The zero-order valence-electron chi connectivity index (χ0n) is 9.92. The molecule has 0 spiro atoms. The molecule has 1 aliphatic heterocycles. The molecule has 94 valence electrons. The molecule has 3 rings (SSSR count). The standard InChI is InChI=1S/C12H13N3O3/c1-2-8(13)11-14-12(18-15-11)7-3-4-9-10(5-7)17-6-16-9/h3-5,8H,2,6,13H2,1H3. The fourth-order valence-corrected chi connectivity index (χ4v) is 1.71. The molecule has 1 atom stereocenters. The van der Waals surface area contributed by atoms with Crippen LogP contribution in [0.15, 0.2) is 22.7 Å². The van der Waals surface area contributed by atoms with Crippen LogP contribution in [0.1, 0.15) is 25.2 Å². The Morgan fingerprint density at radius 1 is 1.33 bits per heavy atom. The van der Waals surface area contributed by atoms with Crippen LogP contribution in [-0.4, -0.2) is 16.9 Å². The third-order valence-electron chi connectivity index (χ3n) is 2.83. The molecular formula is C12H13N3O3. The normalized spacial score (nSPS) is 14.8. The Bertz CT molecular complexity index is 567. The summed E-state index contributed by atoms with van der Waals surface area (Å²) < 4.78 is 15.7. The second kappa shape index (κ2) is 4.30. The maximum absolute atomic E-state index is 5.85. The average Bonchev–Trinajstić information content (AvgIpc) is 3.05. The highest BCUT2D eigenvalue weighted by Crippen LogP contribution is 2.35. The van der Waals surface area contributed by atoms with Crippen LogP contribution in [0.3, 0.4) is 0 Å². The number of ether oxygens (including phenoxy) is 2. The summed E-state index contributed by atoms with van der Waals surface area (Å²) in [5.74, 6) is 2.37. The first-order chi connectivity index (χ1) is 8.78. The molecule has 0 saturated heterocycles. The molecule has 1 aliphatic rings. The van der Waals surface area contributed by atoms with Gasteiger partial charge < -0.3 is 19.7 Å². The topological polar surface area (TPSA) is 83.4 Å². The second-order valence-corrected chi connectivity index (χ2v) is 4.04. The molecule has 2 aromatic rings. The van der Waals surface area contributed by atoms with Crippen molar-refractivity contribution in [2.75, 3.05) is 6.79 Å². The summed E-state index contributed by atoms with van der Waals surface area (Å²) in [5, 5.41) is 3.87. The van der Waals surface area contributed by atoms with Crippen LogP contribution in [0.5, 0.6) is 11.5 Å². The van der Waals surface area contributed by atoms with E-state index >= 15 is 0 Å². The van der Waals surface area contributed by atoms with Gasteiger partial charge in [-0.1, -0.05) is 12.1 Å². The number of fused-ring (bicyclic) bond motifs is 1. The van der Waals surface area contributed by atoms with Crippen LogP contribution in [0, 0.1) is 0 Å². The summed E-state index contributed by atoms with van der Waals surface area (Å²) in [5.41, 5.74) is 6.64. The van der Waals surface area contributed by atoms with Gasteiger partial charge in [0.25, 0.3) is 5.89 Å². The molecule has 0 bridgehead atoms. The Balaban J connectivity index is 1.92. The van der Waals surface area contributed by atoms with E-state index in [0.29, 0.717) is 17.5 Å². The fourth-order valence-electron chi connectivity index (χ4n) is 1.71. The van der Waals surface area contributed by atoms with Gasteiger partial charge in [-0.3, -0.25) is 0 Å². The number of rotatable bonds is 3. The van der Waals surface area contributed by atoms with Crippen LogP contribution in [0.4, 0.5) is 0 Å². The Hall–Kier alpha value is -2.08. The molecular weight excluding hydrogens is 234 g/mol. The minimum atomic E-state index is -0.198. The van der Waals surface area contributed by atoms with E-state index in [1.807, 2.05) is 25.1 Å². The van der Waals surface area contributed by atoms with Crippen molar-refractivity contribution in [1.82, 2.24) is 10.1 Å². The molecule has 1 aromatic heterocycles. The lowest BCUT2D eigenvalue weighted by Crippen LogP contribution is -2.10. The van der Waals surface area contributed by atoms with E-state index in [1.54, 1.807) is 0 Å². The molecule has 6 heteroatoms. The summed E-state index contributed by atoms with van der Waals surface area (Å²) in [6, 6.07) is 5.29. The van der Waals surface area contributed by atoms with Gasteiger partial charge in [0, 0.05) is 5.56 Å². The van der Waals surface area contributed by atoms with Crippen LogP contribution in [0.25, 0.3) is 11.5 Å². The van der Waals surface area contributed by atoms with Crippen molar-refractivity contribution in [3.63, 3.8) is 0 Å². The molecule has 0 fully saturated rings. The lowest BCUT2D eigenvalue weighted by molar-refractivity contribution is 0.174. The molecule has 0 saturated carbocycles. The molecule has 0 radical (unpaired) electrons. The van der Waals surface area contributed by atoms with Gasteiger partial charge in [-0.15, -0.1) is 0 Å². The Kier molecular flexibility index (Phi) is 2.64. The third kappa shape index (κ3) is 1.80. The zero-order chi connectivity index (χ0) is 12.5. The highest BCUT2D eigenvalue weighted by atomic mass is 16.7. The number of nitrogens with zero attached hydrogens (tertiary/aromatic N) is 2. The van der Waals surface area contributed by atoms with E-state index in [4.69, 9.17) is 19.7 Å². The van der Waals surface area contributed by atoms with Crippen LogP contribution >= 0.6 is 0 Å². The summed E-state index contributed by atoms with van der Waals surface area (Å²) in [6.07, 6.45) is 0.764. The first-order valence-corrected chi connectivity index (χ1v) is 5.77. The van der Waals surface area contributed by atoms with E-state index in [-0.39, 0.29) is 12.8 Å². The third-order valence-corrected chi connectivity index (χ3v) is 2.83. The van der Waals surface area contributed by atoms with Crippen molar-refractivity contribution in [2.24, 2.45) is 5.73 Å². The first-order valence-electron chi connectivity index (χ1n) is 5.77. The lowest BCUT2D eigenvalue weighted by atomic mass is 10.2. The molecule has 2 heterocycles. The van der Waals surface area contributed by atoms with Crippen molar-refractivity contribution >= 4 is 0 Å². The first kappa shape index (κ1) is 11.0. The highest BCUT2D eigenvalue weighted by Gasteiger charge is 2.18. The summed E-state index contributed by atoms with van der Waals surface area (Å²) >= 11 is 0. The molecule has 1 aromatic carbocycles. The average molecular weight is 247 g/mol. The predicted molar refractivity (Wildman–Crippen MR) is 63.1 cm³/mol. The summed E-state index contributed by atoms with van der Waals surface area (Å²) in [4.78, 5) is 4.28. The van der Waals surface area contributed by atoms with E-state index in [9.17, 15) is 0 Å². The highest BCUT2D eigenvalue weighted by molar-refractivity contribution is 5.60. The molecule has 0 aliphatic carbocycles. The lowest BCUT2D eigenvalue weighted by Gasteiger charge is -2.00. The predicted octanol–water partition coefficient (Wildman–Crippen LogP) is 1.88. The van der Waals surface area contributed by atoms with Crippen molar-refractivity contribution in [3.05, 3.63) is 24.0 Å². The van der Waals surface area contributed by atoms with Gasteiger partial charge in [-0.25, -0.2) is 0 Å². The molecule has 0 amide bonds. The van der Waals surface area contributed by atoms with Crippen LogP contribution in [0.2, 0.25) is 0 Å². The Morgan fingerprint density at radius 2 is 2.17 bits per heavy atom. The summed E-state index contributed by atoms with van der Waals surface area (Å²) in [6.45, 7) is 2.22. The quantitative estimate of drug-likeness (QED) is 0.891. The molecule has 1 unspecified atom stereocenters. The monoisotopic (exact) mass is 247 g/mol. The zero-order valence-corrected chi connectivity index (χ0v) is 9.92. The molecule has 18 heavy (non-hydrogen) atoms. The van der Waals surface area contributed by atoms with Crippen molar-refractivity contribution in [1.29, 1.82) is 0 Å². The molecule has 6 nitrogen and oxygen atoms in total. The van der Waals surface area contributed by atoms with Gasteiger partial charge in [-0.05, 0) is 24.6 Å². The number of aromatic nitrogens is 2. The van der Waals surface area contributed by atoms with E-state index < -0.39 is 0 Å². The van der Waals surface area contributed by atoms with Gasteiger partial charge in [0.1, 0.15) is 0 Å². The van der Waals surface area contributed by atoms with E-state index in [0.717, 1.165) is 17.7 Å². The number of hydrogen-bond acceptors (Lipinski definition) is 6. The van der Waals surface area contributed by atoms with Gasteiger partial charge in [0.15, 0.2) is 17.3 Å². The second-order valence-electron chi connectivity index (χ2n) is 4.04. The number of nitrogens with two attached hydrogens (primary N) is 1. The molecule has 2 N–H and O–H groups in total. The fraction of sp³-hybridized carbons (Fsp3) is 0.333. The van der Waals surface area contributed by atoms with E-state index in [2.05, 4.69) is 10.1 Å². The van der Waals surface area contributed by atoms with Crippen LogP contribution in [-0.2, 0) is 0 Å². The van der Waals surface area contributed by atoms with Crippen LogP contribution < -0.4 is 15.2 Å². The van der Waals surface area contributed by atoms with Gasteiger partial charge in [0.2, 0.25) is 6.79 Å². The summed E-state index contributed by atoms with van der Waals surface area (Å²) in [7, 11) is 0. The van der Waals surface area contributed by atoms with Gasteiger partial charge in [-0.2, -0.15) is 4.98 Å².